The fourth-order valence-corrected chi connectivity index (χ4v) is 3.70. The Morgan fingerprint density at radius 2 is 1.45 bits per heavy atom. The van der Waals surface area contributed by atoms with E-state index in [0.29, 0.717) is 11.3 Å². The Bertz CT molecular complexity index is 1220. The van der Waals surface area contributed by atoms with Crippen LogP contribution < -0.4 is 21.7 Å². The number of phenolic OH excluding ortho intramolecular Hbond substituents is 1. The van der Waals surface area contributed by atoms with Gasteiger partial charge in [0.25, 0.3) is 0 Å². The molecule has 12 nitrogen and oxygen atoms in total. The second-order valence-electron chi connectivity index (χ2n) is 8.68. The van der Waals surface area contributed by atoms with Gasteiger partial charge in [-0.15, -0.1) is 0 Å². The fourth-order valence-electron chi connectivity index (χ4n) is 3.70. The van der Waals surface area contributed by atoms with Gasteiger partial charge in [0.15, 0.2) is 0 Å². The SMILES string of the molecule is NC(Cc1cnc[nH]1)C(=O)NC(Cc1ccc(O)cc1)C(=O)NC(Cc1ccccc1)C(=O)NCC(=O)O. The van der Waals surface area contributed by atoms with Crippen LogP contribution in [0.4, 0.5) is 0 Å². The summed E-state index contributed by atoms with van der Waals surface area (Å²) in [4.78, 5) is 56.8. The van der Waals surface area contributed by atoms with Crippen LogP contribution in [0.2, 0.25) is 0 Å². The topological polar surface area (TPSA) is 200 Å². The van der Waals surface area contributed by atoms with Crippen molar-refractivity contribution >= 4 is 23.7 Å². The number of rotatable bonds is 13. The molecule has 3 amide bonds. The van der Waals surface area contributed by atoms with Crippen molar-refractivity contribution in [3.8, 4) is 5.75 Å². The van der Waals surface area contributed by atoms with Gasteiger partial charge in [0.1, 0.15) is 24.4 Å². The summed E-state index contributed by atoms with van der Waals surface area (Å²) in [5.41, 5.74) is 8.07. The highest BCUT2D eigenvalue weighted by molar-refractivity contribution is 5.94. The number of imidazole rings is 1. The van der Waals surface area contributed by atoms with Crippen LogP contribution in [0.3, 0.4) is 0 Å². The maximum absolute atomic E-state index is 13.4. The maximum atomic E-state index is 13.4. The van der Waals surface area contributed by atoms with Crippen LogP contribution in [0.15, 0.2) is 67.1 Å². The van der Waals surface area contributed by atoms with Crippen molar-refractivity contribution in [3.05, 3.63) is 83.9 Å². The van der Waals surface area contributed by atoms with Gasteiger partial charge in [-0.1, -0.05) is 42.5 Å². The molecule has 0 spiro atoms. The Hall–Kier alpha value is -4.71. The molecule has 0 saturated heterocycles. The minimum Gasteiger partial charge on any atom is -0.508 e. The van der Waals surface area contributed by atoms with E-state index in [9.17, 15) is 24.3 Å². The molecule has 0 bridgehead atoms. The smallest absolute Gasteiger partial charge is 0.322 e. The second kappa shape index (κ2) is 13.6. The zero-order valence-electron chi connectivity index (χ0n) is 20.5. The number of benzene rings is 2. The number of carbonyl (C=O) groups excluding carboxylic acids is 3. The summed E-state index contributed by atoms with van der Waals surface area (Å²) >= 11 is 0. The Morgan fingerprint density at radius 3 is 2.05 bits per heavy atom. The van der Waals surface area contributed by atoms with Crippen molar-refractivity contribution in [1.29, 1.82) is 0 Å². The first-order chi connectivity index (χ1) is 18.2. The van der Waals surface area contributed by atoms with Crippen LogP contribution in [0.25, 0.3) is 0 Å². The van der Waals surface area contributed by atoms with Crippen LogP contribution in [-0.2, 0) is 38.4 Å². The molecule has 1 heterocycles. The second-order valence-corrected chi connectivity index (χ2v) is 8.68. The van der Waals surface area contributed by atoms with Crippen LogP contribution in [0, 0.1) is 0 Å². The van der Waals surface area contributed by atoms with Crippen LogP contribution in [0.1, 0.15) is 16.8 Å². The number of phenols is 1. The van der Waals surface area contributed by atoms with Crippen LogP contribution in [0.5, 0.6) is 5.75 Å². The molecule has 3 rings (SSSR count). The van der Waals surface area contributed by atoms with Crippen molar-refractivity contribution < 1.29 is 29.4 Å². The molecule has 38 heavy (non-hydrogen) atoms. The Balaban J connectivity index is 1.78. The average Bonchev–Trinajstić information content (AvgIpc) is 3.41. The summed E-state index contributed by atoms with van der Waals surface area (Å²) in [7, 11) is 0. The summed E-state index contributed by atoms with van der Waals surface area (Å²) < 4.78 is 0. The van der Waals surface area contributed by atoms with E-state index in [1.54, 1.807) is 42.5 Å². The molecule has 3 aromatic rings. The Kier molecular flexibility index (Phi) is 9.94. The third kappa shape index (κ3) is 8.75. The van der Waals surface area contributed by atoms with Crippen molar-refractivity contribution in [2.45, 2.75) is 37.4 Å². The molecule has 0 radical (unpaired) electrons. The molecule has 0 aliphatic heterocycles. The van der Waals surface area contributed by atoms with E-state index < -0.39 is 48.4 Å². The normalized spacial score (nSPS) is 13.1. The summed E-state index contributed by atoms with van der Waals surface area (Å²) in [6.07, 6.45) is 3.30. The highest BCUT2D eigenvalue weighted by Crippen LogP contribution is 2.12. The summed E-state index contributed by atoms with van der Waals surface area (Å²) in [6.45, 7) is -0.615. The molecule has 3 atom stereocenters. The number of nitrogens with one attached hydrogen (secondary N) is 4. The summed E-state index contributed by atoms with van der Waals surface area (Å²) in [6, 6.07) is 11.8. The molecule has 8 N–H and O–H groups in total. The van der Waals surface area contributed by atoms with Gasteiger partial charge in [0.2, 0.25) is 17.7 Å². The van der Waals surface area contributed by atoms with Gasteiger partial charge in [0, 0.05) is 31.2 Å². The van der Waals surface area contributed by atoms with Crippen molar-refractivity contribution in [3.63, 3.8) is 0 Å². The number of hydrogen-bond donors (Lipinski definition) is 7. The lowest BCUT2D eigenvalue weighted by Crippen LogP contribution is -2.57. The Labute approximate surface area is 218 Å². The molecule has 3 unspecified atom stereocenters. The number of amides is 3. The molecule has 0 saturated carbocycles. The van der Waals surface area contributed by atoms with Gasteiger partial charge >= 0.3 is 5.97 Å². The van der Waals surface area contributed by atoms with Gasteiger partial charge in [-0.25, -0.2) is 4.98 Å². The van der Waals surface area contributed by atoms with Gasteiger partial charge in [0.05, 0.1) is 12.4 Å². The summed E-state index contributed by atoms with van der Waals surface area (Å²) in [5.74, 6) is -3.12. The number of nitrogens with zero attached hydrogens (tertiary/aromatic N) is 1. The first-order valence-electron chi connectivity index (χ1n) is 11.9. The number of carboxylic acids is 1. The molecule has 12 heteroatoms. The Morgan fingerprint density at radius 1 is 0.842 bits per heavy atom. The molecule has 2 aromatic carbocycles. The third-order valence-electron chi connectivity index (χ3n) is 5.67. The zero-order valence-corrected chi connectivity index (χ0v) is 20.5. The average molecular weight is 523 g/mol. The number of aromatic nitrogens is 2. The highest BCUT2D eigenvalue weighted by Gasteiger charge is 2.29. The van der Waals surface area contributed by atoms with Crippen molar-refractivity contribution in [1.82, 2.24) is 25.9 Å². The van der Waals surface area contributed by atoms with E-state index >= 15 is 0 Å². The minimum atomic E-state index is -1.23. The number of carbonyl (C=O) groups is 4. The monoisotopic (exact) mass is 522 g/mol. The van der Waals surface area contributed by atoms with Gasteiger partial charge in [-0.2, -0.15) is 0 Å². The van der Waals surface area contributed by atoms with E-state index in [1.807, 2.05) is 0 Å². The van der Waals surface area contributed by atoms with E-state index in [2.05, 4.69) is 25.9 Å². The van der Waals surface area contributed by atoms with Crippen molar-refractivity contribution in [2.75, 3.05) is 6.54 Å². The fraction of sp³-hybridized carbons (Fsp3) is 0.269. The quantitative estimate of drug-likeness (QED) is 0.158. The largest absolute Gasteiger partial charge is 0.508 e. The maximum Gasteiger partial charge on any atom is 0.322 e. The molecular formula is C26H30N6O6. The zero-order chi connectivity index (χ0) is 27.5. The van der Waals surface area contributed by atoms with Gasteiger partial charge < -0.3 is 36.9 Å². The van der Waals surface area contributed by atoms with E-state index in [-0.39, 0.29) is 25.0 Å². The van der Waals surface area contributed by atoms with Crippen LogP contribution in [-0.4, -0.2) is 68.5 Å². The first kappa shape index (κ1) is 27.9. The number of carboxylic acid groups (broad SMARTS) is 1. The molecule has 1 aromatic heterocycles. The number of hydrogen-bond acceptors (Lipinski definition) is 7. The lowest BCUT2D eigenvalue weighted by Gasteiger charge is -2.24. The van der Waals surface area contributed by atoms with Gasteiger partial charge in [-0.05, 0) is 23.3 Å². The summed E-state index contributed by atoms with van der Waals surface area (Å²) in [5, 5.41) is 26.1. The lowest BCUT2D eigenvalue weighted by molar-refractivity contribution is -0.138. The van der Waals surface area contributed by atoms with Crippen LogP contribution >= 0.6 is 0 Å². The predicted molar refractivity (Wildman–Crippen MR) is 137 cm³/mol. The minimum absolute atomic E-state index is 0.0402. The standard InChI is InChI=1S/C26H30N6O6/c27-20(12-18-13-28-15-30-18)24(36)31-22(11-17-6-8-19(33)9-7-17)26(38)32-21(25(37)29-14-23(34)35)10-16-4-2-1-3-5-16/h1-9,13,15,20-22,33H,10-12,14,27H2,(H,28,30)(H,29,37)(H,31,36)(H,32,38)(H,34,35). The molecule has 0 aliphatic carbocycles. The number of aliphatic carboxylic acids is 1. The van der Waals surface area contributed by atoms with E-state index in [0.717, 1.165) is 5.56 Å². The molecule has 0 aliphatic rings. The number of aromatic amines is 1. The van der Waals surface area contributed by atoms with Crippen molar-refractivity contribution in [2.24, 2.45) is 5.73 Å². The number of H-pyrrole nitrogens is 1. The van der Waals surface area contributed by atoms with Gasteiger partial charge in [-0.3, -0.25) is 19.2 Å². The molecule has 0 fully saturated rings. The first-order valence-corrected chi connectivity index (χ1v) is 11.9. The number of nitrogens with two attached hydrogens (primary N) is 1. The lowest BCUT2D eigenvalue weighted by atomic mass is 10.0. The highest BCUT2D eigenvalue weighted by atomic mass is 16.4. The van der Waals surface area contributed by atoms with E-state index in [4.69, 9.17) is 10.8 Å². The molecule has 200 valence electrons. The third-order valence-corrected chi connectivity index (χ3v) is 5.67. The number of aromatic hydroxyl groups is 1. The van der Waals surface area contributed by atoms with E-state index in [1.165, 1.54) is 24.7 Å². The predicted octanol–water partition coefficient (Wildman–Crippen LogP) is -0.359. The molecular weight excluding hydrogens is 492 g/mol.